The molecular weight excluding hydrogens is 256 g/mol. The Bertz CT molecular complexity index is 453. The highest BCUT2D eigenvalue weighted by Crippen LogP contribution is 2.11. The second-order valence-electron chi connectivity index (χ2n) is 3.38. The van der Waals surface area contributed by atoms with Crippen LogP contribution in [0.3, 0.4) is 0 Å². The quantitative estimate of drug-likeness (QED) is 0.858. The van der Waals surface area contributed by atoms with Gasteiger partial charge >= 0.3 is 0 Å². The molecule has 0 spiro atoms. The van der Waals surface area contributed by atoms with Gasteiger partial charge in [0.1, 0.15) is 0 Å². The lowest BCUT2D eigenvalue weighted by atomic mass is 10.0. The van der Waals surface area contributed by atoms with Crippen molar-refractivity contribution >= 4 is 15.9 Å². The summed E-state index contributed by atoms with van der Waals surface area (Å²) in [4.78, 5) is 4.09. The second kappa shape index (κ2) is 4.57. The van der Waals surface area contributed by atoms with Crippen molar-refractivity contribution < 1.29 is 4.52 Å². The lowest BCUT2D eigenvalue weighted by molar-refractivity contribution is 0.375. The smallest absolute Gasteiger partial charge is 0.238 e. The normalized spacial score (nSPS) is 10.5. The highest BCUT2D eigenvalue weighted by molar-refractivity contribution is 9.10. The number of benzene rings is 1. The van der Waals surface area contributed by atoms with E-state index in [4.69, 9.17) is 4.52 Å². The van der Waals surface area contributed by atoms with Crippen LogP contribution in [0, 0.1) is 6.92 Å². The Hall–Kier alpha value is -1.16. The molecule has 0 aliphatic rings. The van der Waals surface area contributed by atoms with Crippen molar-refractivity contribution in [3.63, 3.8) is 0 Å². The van der Waals surface area contributed by atoms with Gasteiger partial charge < -0.3 is 4.52 Å². The standard InChI is InChI=1S/C11H11BrN2O/c1-8-4-2-3-5-9(8)6-7-10-13-11(12)14-15-10/h2-5H,6-7H2,1H3. The highest BCUT2D eigenvalue weighted by atomic mass is 79.9. The minimum atomic E-state index is 0.516. The van der Waals surface area contributed by atoms with Crippen LogP contribution in [0.1, 0.15) is 17.0 Å². The summed E-state index contributed by atoms with van der Waals surface area (Å²) >= 11 is 3.16. The zero-order chi connectivity index (χ0) is 10.7. The summed E-state index contributed by atoms with van der Waals surface area (Å²) in [6, 6.07) is 8.33. The van der Waals surface area contributed by atoms with Crippen molar-refractivity contribution in [1.29, 1.82) is 0 Å². The first-order valence-corrected chi connectivity index (χ1v) is 5.57. The van der Waals surface area contributed by atoms with E-state index in [1.54, 1.807) is 0 Å². The predicted octanol–water partition coefficient (Wildman–Crippen LogP) is 2.93. The van der Waals surface area contributed by atoms with Crippen molar-refractivity contribution in [3.8, 4) is 0 Å². The van der Waals surface area contributed by atoms with Gasteiger partial charge in [0.25, 0.3) is 0 Å². The largest absolute Gasteiger partial charge is 0.338 e. The predicted molar refractivity (Wildman–Crippen MR) is 60.6 cm³/mol. The van der Waals surface area contributed by atoms with E-state index >= 15 is 0 Å². The molecule has 2 rings (SSSR count). The molecule has 0 saturated heterocycles. The van der Waals surface area contributed by atoms with Crippen molar-refractivity contribution in [2.45, 2.75) is 19.8 Å². The van der Waals surface area contributed by atoms with Gasteiger partial charge in [-0.3, -0.25) is 0 Å². The molecule has 1 heterocycles. The summed E-state index contributed by atoms with van der Waals surface area (Å²) in [5.41, 5.74) is 2.63. The van der Waals surface area contributed by atoms with Crippen LogP contribution in [0.5, 0.6) is 0 Å². The number of hydrogen-bond donors (Lipinski definition) is 0. The van der Waals surface area contributed by atoms with Gasteiger partial charge in [-0.25, -0.2) is 0 Å². The second-order valence-corrected chi connectivity index (χ2v) is 4.09. The first-order valence-electron chi connectivity index (χ1n) is 4.78. The van der Waals surface area contributed by atoms with Gasteiger partial charge in [-0.2, -0.15) is 4.98 Å². The Labute approximate surface area is 96.6 Å². The lowest BCUT2D eigenvalue weighted by Crippen LogP contribution is -1.93. The molecule has 4 heteroatoms. The zero-order valence-corrected chi connectivity index (χ0v) is 9.99. The van der Waals surface area contributed by atoms with E-state index in [-0.39, 0.29) is 0 Å². The van der Waals surface area contributed by atoms with Crippen molar-refractivity contribution in [3.05, 3.63) is 46.0 Å². The first kappa shape index (κ1) is 10.4. The molecule has 0 fully saturated rings. The molecule has 0 aliphatic carbocycles. The molecule has 0 bridgehead atoms. The fourth-order valence-electron chi connectivity index (χ4n) is 1.47. The van der Waals surface area contributed by atoms with Crippen LogP contribution in [0.4, 0.5) is 0 Å². The number of nitrogens with zero attached hydrogens (tertiary/aromatic N) is 2. The summed E-state index contributed by atoms with van der Waals surface area (Å²) in [5.74, 6) is 0.671. The molecule has 0 saturated carbocycles. The van der Waals surface area contributed by atoms with E-state index in [9.17, 15) is 0 Å². The SMILES string of the molecule is Cc1ccccc1CCc1nc(Br)no1. The van der Waals surface area contributed by atoms with Crippen LogP contribution in [0.15, 0.2) is 33.5 Å². The molecule has 15 heavy (non-hydrogen) atoms. The maximum Gasteiger partial charge on any atom is 0.238 e. The van der Waals surface area contributed by atoms with Crippen molar-refractivity contribution in [2.24, 2.45) is 0 Å². The van der Waals surface area contributed by atoms with Gasteiger partial charge in [0.05, 0.1) is 0 Å². The molecule has 2 aromatic rings. The van der Waals surface area contributed by atoms with Crippen LogP contribution >= 0.6 is 15.9 Å². The Balaban J connectivity index is 2.02. The van der Waals surface area contributed by atoms with E-state index in [1.165, 1.54) is 11.1 Å². The van der Waals surface area contributed by atoms with Crippen LogP contribution in [0.2, 0.25) is 0 Å². The summed E-state index contributed by atoms with van der Waals surface area (Å²) in [7, 11) is 0. The van der Waals surface area contributed by atoms with E-state index in [0.717, 1.165) is 12.8 Å². The molecule has 0 amide bonds. The van der Waals surface area contributed by atoms with Gasteiger partial charge in [0.15, 0.2) is 0 Å². The third kappa shape index (κ3) is 2.65. The number of aromatic nitrogens is 2. The maximum atomic E-state index is 5.02. The Kier molecular flexibility index (Phi) is 3.16. The Morgan fingerprint density at radius 1 is 1.27 bits per heavy atom. The minimum absolute atomic E-state index is 0.516. The van der Waals surface area contributed by atoms with Crippen LogP contribution in [-0.4, -0.2) is 10.1 Å². The van der Waals surface area contributed by atoms with Gasteiger partial charge in [0, 0.05) is 6.42 Å². The molecular formula is C11H11BrN2O. The summed E-state index contributed by atoms with van der Waals surface area (Å²) in [6.45, 7) is 2.11. The molecule has 78 valence electrons. The van der Waals surface area contributed by atoms with Gasteiger partial charge in [0.2, 0.25) is 10.6 Å². The van der Waals surface area contributed by atoms with E-state index in [2.05, 4.69) is 45.1 Å². The number of rotatable bonds is 3. The summed E-state index contributed by atoms with van der Waals surface area (Å²) in [6.07, 6.45) is 1.71. The van der Waals surface area contributed by atoms with Gasteiger partial charge in [-0.1, -0.05) is 24.3 Å². The molecule has 0 N–H and O–H groups in total. The molecule has 0 radical (unpaired) electrons. The molecule has 0 aliphatic heterocycles. The zero-order valence-electron chi connectivity index (χ0n) is 8.40. The molecule has 1 aromatic heterocycles. The minimum Gasteiger partial charge on any atom is -0.338 e. The number of aryl methyl sites for hydroxylation is 3. The molecule has 0 unspecified atom stereocenters. The van der Waals surface area contributed by atoms with Crippen LogP contribution in [-0.2, 0) is 12.8 Å². The monoisotopic (exact) mass is 266 g/mol. The van der Waals surface area contributed by atoms with Crippen LogP contribution in [0.25, 0.3) is 0 Å². The fourth-order valence-corrected chi connectivity index (χ4v) is 1.74. The number of hydrogen-bond acceptors (Lipinski definition) is 3. The Morgan fingerprint density at radius 3 is 2.73 bits per heavy atom. The van der Waals surface area contributed by atoms with Crippen LogP contribution < -0.4 is 0 Å². The van der Waals surface area contributed by atoms with E-state index in [1.807, 2.05) is 12.1 Å². The fraction of sp³-hybridized carbons (Fsp3) is 0.273. The lowest BCUT2D eigenvalue weighted by Gasteiger charge is -2.02. The van der Waals surface area contributed by atoms with Crippen molar-refractivity contribution in [2.75, 3.05) is 0 Å². The third-order valence-electron chi connectivity index (χ3n) is 2.31. The van der Waals surface area contributed by atoms with Gasteiger partial charge in [-0.05, 0) is 45.6 Å². The third-order valence-corrected chi connectivity index (χ3v) is 2.63. The Morgan fingerprint density at radius 2 is 2.07 bits per heavy atom. The van der Waals surface area contributed by atoms with Crippen molar-refractivity contribution in [1.82, 2.24) is 10.1 Å². The molecule has 0 atom stereocenters. The van der Waals surface area contributed by atoms with E-state index in [0.29, 0.717) is 10.6 Å². The molecule has 3 nitrogen and oxygen atoms in total. The maximum absolute atomic E-state index is 5.02. The topological polar surface area (TPSA) is 38.9 Å². The molecule has 1 aromatic carbocycles. The van der Waals surface area contributed by atoms with Gasteiger partial charge in [-0.15, -0.1) is 0 Å². The summed E-state index contributed by atoms with van der Waals surface area (Å²) < 4.78 is 5.53. The average molecular weight is 267 g/mol. The number of halogens is 1. The van der Waals surface area contributed by atoms with E-state index < -0.39 is 0 Å². The average Bonchev–Trinajstić information content (AvgIpc) is 2.63. The first-order chi connectivity index (χ1) is 7.25. The highest BCUT2D eigenvalue weighted by Gasteiger charge is 2.04. The summed E-state index contributed by atoms with van der Waals surface area (Å²) in [5, 5.41) is 3.68.